The summed E-state index contributed by atoms with van der Waals surface area (Å²) in [7, 11) is 0. The second-order valence-electron chi connectivity index (χ2n) is 5.30. The fourth-order valence-corrected chi connectivity index (χ4v) is 2.59. The highest BCUT2D eigenvalue weighted by atomic mass is 16.5. The number of hydrogen-bond acceptors (Lipinski definition) is 5. The molecule has 2 aromatic carbocycles. The van der Waals surface area contributed by atoms with Gasteiger partial charge in [-0.1, -0.05) is 18.2 Å². The third-order valence-corrected chi connectivity index (χ3v) is 3.49. The molecule has 1 heterocycles. The summed E-state index contributed by atoms with van der Waals surface area (Å²) < 4.78 is 16.4. The van der Waals surface area contributed by atoms with Crippen molar-refractivity contribution < 1.29 is 23.8 Å². The molecule has 1 aliphatic heterocycles. The molecule has 0 N–H and O–H groups in total. The average Bonchev–Trinajstić information content (AvgIpc) is 2.65. The number of aryl methyl sites for hydroxylation is 1. The van der Waals surface area contributed by atoms with Crippen LogP contribution in [0.15, 0.2) is 36.4 Å². The summed E-state index contributed by atoms with van der Waals surface area (Å²) in [6.45, 7) is 2.64. The van der Waals surface area contributed by atoms with Crippen molar-refractivity contribution in [3.8, 4) is 23.0 Å². The first-order valence-corrected chi connectivity index (χ1v) is 7.32. The van der Waals surface area contributed by atoms with Crippen molar-refractivity contribution in [1.29, 1.82) is 0 Å². The summed E-state index contributed by atoms with van der Waals surface area (Å²) >= 11 is 0. The SMILES string of the molecule is CC(=O)Oc1cc(OC(C)=O)c2c(c1)Oc1ccccc1CC2. The third-order valence-electron chi connectivity index (χ3n) is 3.49. The van der Waals surface area contributed by atoms with Crippen molar-refractivity contribution in [2.75, 3.05) is 0 Å². The van der Waals surface area contributed by atoms with Gasteiger partial charge < -0.3 is 14.2 Å². The number of fused-ring (bicyclic) bond motifs is 2. The minimum absolute atomic E-state index is 0.284. The number of para-hydroxylation sites is 1. The summed E-state index contributed by atoms with van der Waals surface area (Å²) in [5.74, 6) is 1.04. The van der Waals surface area contributed by atoms with E-state index >= 15 is 0 Å². The van der Waals surface area contributed by atoms with Crippen molar-refractivity contribution in [2.45, 2.75) is 26.7 Å². The first kappa shape index (κ1) is 15.1. The molecule has 0 saturated carbocycles. The van der Waals surface area contributed by atoms with Gasteiger partial charge in [0.05, 0.1) is 0 Å². The lowest BCUT2D eigenvalue weighted by molar-refractivity contribution is -0.132. The number of ether oxygens (including phenoxy) is 3. The molecule has 0 aromatic heterocycles. The van der Waals surface area contributed by atoms with Crippen LogP contribution in [0, 0.1) is 0 Å². The molecule has 0 saturated heterocycles. The summed E-state index contributed by atoms with van der Waals surface area (Å²) in [5.41, 5.74) is 1.86. The molecule has 5 nitrogen and oxygen atoms in total. The molecule has 0 spiro atoms. The van der Waals surface area contributed by atoms with Crippen molar-refractivity contribution >= 4 is 11.9 Å². The van der Waals surface area contributed by atoms with Crippen LogP contribution < -0.4 is 14.2 Å². The molecule has 2 aromatic rings. The molecule has 0 radical (unpaired) electrons. The maximum Gasteiger partial charge on any atom is 0.308 e. The van der Waals surface area contributed by atoms with Gasteiger partial charge in [-0.05, 0) is 24.5 Å². The van der Waals surface area contributed by atoms with Gasteiger partial charge in [0.1, 0.15) is 23.0 Å². The molecule has 0 amide bonds. The van der Waals surface area contributed by atoms with Gasteiger partial charge in [-0.2, -0.15) is 0 Å². The van der Waals surface area contributed by atoms with Crippen molar-refractivity contribution in [3.63, 3.8) is 0 Å². The number of carbonyl (C=O) groups is 2. The number of rotatable bonds is 2. The molecular weight excluding hydrogens is 296 g/mol. The van der Waals surface area contributed by atoms with E-state index in [9.17, 15) is 9.59 Å². The summed E-state index contributed by atoms with van der Waals surface area (Å²) in [4.78, 5) is 22.6. The zero-order valence-electron chi connectivity index (χ0n) is 12.9. The second-order valence-corrected chi connectivity index (χ2v) is 5.30. The van der Waals surface area contributed by atoms with Crippen LogP contribution in [0.25, 0.3) is 0 Å². The van der Waals surface area contributed by atoms with E-state index in [2.05, 4.69) is 0 Å². The maximum absolute atomic E-state index is 11.4. The highest BCUT2D eigenvalue weighted by molar-refractivity contribution is 5.73. The molecule has 0 fully saturated rings. The van der Waals surface area contributed by atoms with Gasteiger partial charge in [-0.3, -0.25) is 9.59 Å². The Kier molecular flexibility index (Phi) is 4.02. The van der Waals surface area contributed by atoms with E-state index in [0.717, 1.165) is 23.3 Å². The number of esters is 2. The van der Waals surface area contributed by atoms with Gasteiger partial charge in [0, 0.05) is 31.5 Å². The van der Waals surface area contributed by atoms with E-state index < -0.39 is 11.9 Å². The highest BCUT2D eigenvalue weighted by Crippen LogP contribution is 2.41. The van der Waals surface area contributed by atoms with E-state index in [0.29, 0.717) is 17.9 Å². The average molecular weight is 312 g/mol. The summed E-state index contributed by atoms with van der Waals surface area (Å²) in [6.07, 6.45) is 1.43. The molecular formula is C18H16O5. The molecule has 3 rings (SSSR count). The smallest absolute Gasteiger partial charge is 0.308 e. The van der Waals surface area contributed by atoms with E-state index in [1.165, 1.54) is 13.8 Å². The zero-order chi connectivity index (χ0) is 16.4. The normalized spacial score (nSPS) is 12.3. The van der Waals surface area contributed by atoms with Crippen LogP contribution in [0.3, 0.4) is 0 Å². The van der Waals surface area contributed by atoms with Gasteiger partial charge in [-0.25, -0.2) is 0 Å². The Morgan fingerprint density at radius 3 is 2.43 bits per heavy atom. The van der Waals surface area contributed by atoms with Crippen LogP contribution >= 0.6 is 0 Å². The number of carbonyl (C=O) groups excluding carboxylic acids is 2. The van der Waals surface area contributed by atoms with Crippen LogP contribution in [0.2, 0.25) is 0 Å². The Bertz CT molecular complexity index is 779. The van der Waals surface area contributed by atoms with Gasteiger partial charge in [0.2, 0.25) is 0 Å². The van der Waals surface area contributed by atoms with Crippen LogP contribution in [0.1, 0.15) is 25.0 Å². The lowest BCUT2D eigenvalue weighted by atomic mass is 10.0. The highest BCUT2D eigenvalue weighted by Gasteiger charge is 2.21. The van der Waals surface area contributed by atoms with Crippen LogP contribution in [0.5, 0.6) is 23.0 Å². The quantitative estimate of drug-likeness (QED) is 0.628. The molecule has 23 heavy (non-hydrogen) atoms. The van der Waals surface area contributed by atoms with Crippen LogP contribution in [0.4, 0.5) is 0 Å². The Morgan fingerprint density at radius 2 is 1.70 bits per heavy atom. The Balaban J connectivity index is 2.08. The maximum atomic E-state index is 11.4. The molecule has 1 aliphatic rings. The lowest BCUT2D eigenvalue weighted by Crippen LogP contribution is -2.07. The molecule has 118 valence electrons. The fourth-order valence-electron chi connectivity index (χ4n) is 2.59. The molecule has 5 heteroatoms. The Morgan fingerprint density at radius 1 is 0.957 bits per heavy atom. The van der Waals surface area contributed by atoms with E-state index in [4.69, 9.17) is 14.2 Å². The van der Waals surface area contributed by atoms with Crippen LogP contribution in [-0.2, 0) is 22.4 Å². The number of hydrogen-bond donors (Lipinski definition) is 0. The first-order chi connectivity index (χ1) is 11.0. The van der Waals surface area contributed by atoms with Gasteiger partial charge in [-0.15, -0.1) is 0 Å². The van der Waals surface area contributed by atoms with E-state index in [1.54, 1.807) is 12.1 Å². The van der Waals surface area contributed by atoms with Crippen molar-refractivity contribution in [2.24, 2.45) is 0 Å². The molecule has 0 aliphatic carbocycles. The fraction of sp³-hybridized carbons (Fsp3) is 0.222. The molecule has 0 unspecified atom stereocenters. The first-order valence-electron chi connectivity index (χ1n) is 7.32. The predicted octanol–water partition coefficient (Wildman–Crippen LogP) is 3.43. The lowest BCUT2D eigenvalue weighted by Gasteiger charge is -2.14. The van der Waals surface area contributed by atoms with Crippen LogP contribution in [-0.4, -0.2) is 11.9 Å². The van der Waals surface area contributed by atoms with E-state index in [1.807, 2.05) is 24.3 Å². The third kappa shape index (κ3) is 3.34. The summed E-state index contributed by atoms with van der Waals surface area (Å²) in [6, 6.07) is 10.9. The zero-order valence-corrected chi connectivity index (χ0v) is 12.9. The predicted molar refractivity (Wildman–Crippen MR) is 83.0 cm³/mol. The second kappa shape index (κ2) is 6.12. The molecule has 0 atom stereocenters. The topological polar surface area (TPSA) is 61.8 Å². The monoisotopic (exact) mass is 312 g/mol. The Hall–Kier alpha value is -2.82. The van der Waals surface area contributed by atoms with Gasteiger partial charge in [0.25, 0.3) is 0 Å². The van der Waals surface area contributed by atoms with Gasteiger partial charge >= 0.3 is 11.9 Å². The minimum Gasteiger partial charge on any atom is -0.457 e. The van der Waals surface area contributed by atoms with Crippen molar-refractivity contribution in [1.82, 2.24) is 0 Å². The number of benzene rings is 2. The molecule has 0 bridgehead atoms. The standard InChI is InChI=1S/C18H16O5/c1-11(19)21-14-9-17(22-12(2)20)15-8-7-13-5-3-4-6-16(13)23-18(15)10-14/h3-6,9-10H,7-8H2,1-2H3. The largest absolute Gasteiger partial charge is 0.457 e. The van der Waals surface area contributed by atoms with Gasteiger partial charge in [0.15, 0.2) is 0 Å². The Labute approximate surface area is 133 Å². The minimum atomic E-state index is -0.451. The van der Waals surface area contributed by atoms with Crippen molar-refractivity contribution in [3.05, 3.63) is 47.5 Å². The summed E-state index contributed by atoms with van der Waals surface area (Å²) in [5, 5.41) is 0. The van der Waals surface area contributed by atoms with E-state index in [-0.39, 0.29) is 5.75 Å².